The Kier molecular flexibility index (Phi) is 11.5. The molecule has 3 atom stereocenters. The number of nitrogens with two attached hydrogens (primary N) is 3. The minimum atomic E-state index is -4.76. The van der Waals surface area contributed by atoms with E-state index in [4.69, 9.17) is 36.8 Å². The highest BCUT2D eigenvalue weighted by atomic mass is 32.2. The molecule has 38 heavy (non-hydrogen) atoms. The number of aliphatic carboxylic acids is 2. The number of oxime groups is 1. The Morgan fingerprint density at radius 3 is 2.34 bits per heavy atom. The molecular formula is C19H31N7O10S2. The standard InChI is InChI=1S/C13H17N5O8S2.C6H14N2O2/c1-5-7(10(20)18(5)28(23,24)25)16-9(19)8(6-4-27-12(14)15-6)17-26-13(2,3)11(21)22;7-4-2-1-3-5(8)6(9)10/h4-5,7H,1-3H3,(H2,14,15)(H,16,19)(H,21,22)(H,23,24,25);5H,1-4,7-8H2,(H,9,10)/b17-8-;/t5-,7-;/m0./s1. The van der Waals surface area contributed by atoms with Gasteiger partial charge in [-0.05, 0) is 40.2 Å². The lowest BCUT2D eigenvalue weighted by molar-refractivity contribution is -0.161. The van der Waals surface area contributed by atoms with E-state index in [-0.39, 0.29) is 15.1 Å². The summed E-state index contributed by atoms with van der Waals surface area (Å²) in [4.78, 5) is 54.5. The first-order chi connectivity index (χ1) is 17.4. The summed E-state index contributed by atoms with van der Waals surface area (Å²) in [6.45, 7) is 4.30. The number of carbonyl (C=O) groups excluding carboxylic acids is 2. The fourth-order valence-electron chi connectivity index (χ4n) is 2.74. The summed E-state index contributed by atoms with van der Waals surface area (Å²) in [7, 11) is -4.76. The molecule has 1 unspecified atom stereocenters. The average molecular weight is 582 g/mol. The van der Waals surface area contributed by atoms with Crippen molar-refractivity contribution in [3.05, 3.63) is 11.1 Å². The van der Waals surface area contributed by atoms with Crippen molar-refractivity contribution in [2.75, 3.05) is 12.3 Å². The van der Waals surface area contributed by atoms with Gasteiger partial charge in [-0.3, -0.25) is 18.9 Å². The molecule has 1 aliphatic heterocycles. The van der Waals surface area contributed by atoms with Gasteiger partial charge in [-0.1, -0.05) is 11.6 Å². The van der Waals surface area contributed by atoms with E-state index in [0.29, 0.717) is 13.0 Å². The lowest BCUT2D eigenvalue weighted by Crippen LogP contribution is -2.71. The number of amides is 2. The maximum absolute atomic E-state index is 12.6. The summed E-state index contributed by atoms with van der Waals surface area (Å²) in [5.41, 5.74) is 13.7. The number of aromatic nitrogens is 1. The number of unbranched alkanes of at least 4 members (excludes halogenated alkanes) is 1. The van der Waals surface area contributed by atoms with Crippen LogP contribution >= 0.6 is 11.3 Å². The van der Waals surface area contributed by atoms with Crippen LogP contribution in [-0.2, 0) is 34.3 Å². The zero-order chi connectivity index (χ0) is 29.4. The third-order valence-corrected chi connectivity index (χ3v) is 6.70. The van der Waals surface area contributed by atoms with Crippen molar-refractivity contribution in [2.24, 2.45) is 16.6 Å². The maximum Gasteiger partial charge on any atom is 0.362 e. The predicted molar refractivity (Wildman–Crippen MR) is 134 cm³/mol. The number of hydrogen-bond donors (Lipinski definition) is 7. The second-order valence-electron chi connectivity index (χ2n) is 8.45. The largest absolute Gasteiger partial charge is 0.480 e. The molecule has 0 aromatic carbocycles. The molecule has 1 aromatic rings. The van der Waals surface area contributed by atoms with Gasteiger partial charge in [0.1, 0.15) is 17.8 Å². The fourth-order valence-corrected chi connectivity index (χ4v) is 4.18. The van der Waals surface area contributed by atoms with Crippen LogP contribution in [0.4, 0.5) is 5.13 Å². The summed E-state index contributed by atoms with van der Waals surface area (Å²) in [6, 6.07) is -3.03. The quantitative estimate of drug-likeness (QED) is 0.0479. The Morgan fingerprint density at radius 2 is 1.92 bits per heavy atom. The first kappa shape index (κ1) is 32.6. The average Bonchev–Trinajstić information content (AvgIpc) is 3.22. The number of nitrogens with one attached hydrogen (secondary N) is 1. The monoisotopic (exact) mass is 581 g/mol. The highest BCUT2D eigenvalue weighted by Crippen LogP contribution is 2.23. The van der Waals surface area contributed by atoms with Crippen LogP contribution in [0, 0.1) is 0 Å². The van der Waals surface area contributed by atoms with Gasteiger partial charge in [-0.25, -0.2) is 14.1 Å². The summed E-state index contributed by atoms with van der Waals surface area (Å²) >= 11 is 0.980. The van der Waals surface area contributed by atoms with Crippen molar-refractivity contribution in [2.45, 2.75) is 63.8 Å². The van der Waals surface area contributed by atoms with Gasteiger partial charge in [0.2, 0.25) is 5.60 Å². The predicted octanol–water partition coefficient (Wildman–Crippen LogP) is -1.65. The van der Waals surface area contributed by atoms with Gasteiger partial charge in [0, 0.05) is 5.38 Å². The highest BCUT2D eigenvalue weighted by molar-refractivity contribution is 7.84. The number of carboxylic acids is 2. The van der Waals surface area contributed by atoms with Crippen LogP contribution in [0.5, 0.6) is 0 Å². The highest BCUT2D eigenvalue weighted by Gasteiger charge is 2.51. The van der Waals surface area contributed by atoms with Gasteiger partial charge in [0.15, 0.2) is 10.8 Å². The summed E-state index contributed by atoms with van der Waals surface area (Å²) in [5, 5.41) is 24.7. The molecular weight excluding hydrogens is 550 g/mol. The van der Waals surface area contributed by atoms with Crippen molar-refractivity contribution in [3.8, 4) is 0 Å². The maximum atomic E-state index is 12.6. The van der Waals surface area contributed by atoms with Crippen molar-refractivity contribution < 1.29 is 47.2 Å². The van der Waals surface area contributed by atoms with Crippen molar-refractivity contribution in [1.82, 2.24) is 14.6 Å². The number of β-lactam (4-membered cyclic amide) rings is 1. The number of hydrogen-bond acceptors (Lipinski definition) is 13. The van der Waals surface area contributed by atoms with E-state index in [1.807, 2.05) is 0 Å². The van der Waals surface area contributed by atoms with Gasteiger partial charge >= 0.3 is 22.2 Å². The van der Waals surface area contributed by atoms with Gasteiger partial charge in [-0.15, -0.1) is 11.3 Å². The van der Waals surface area contributed by atoms with E-state index in [0.717, 1.165) is 24.2 Å². The van der Waals surface area contributed by atoms with E-state index in [2.05, 4.69) is 15.5 Å². The number of thiazole rings is 1. The van der Waals surface area contributed by atoms with Gasteiger partial charge in [0.25, 0.3) is 11.8 Å². The molecule has 17 nitrogen and oxygen atoms in total. The molecule has 0 bridgehead atoms. The Hall–Kier alpha value is -3.39. The Balaban J connectivity index is 0.000000612. The molecule has 0 radical (unpaired) electrons. The first-order valence-corrected chi connectivity index (χ1v) is 13.2. The summed E-state index contributed by atoms with van der Waals surface area (Å²) in [5.74, 6) is -4.31. The third-order valence-electron chi connectivity index (χ3n) is 5.02. The zero-order valence-corrected chi connectivity index (χ0v) is 22.4. The lowest BCUT2D eigenvalue weighted by atomic mass is 10.0. The first-order valence-electron chi connectivity index (χ1n) is 10.9. The van der Waals surface area contributed by atoms with E-state index >= 15 is 0 Å². The molecule has 0 aliphatic carbocycles. The van der Waals surface area contributed by atoms with Crippen LogP contribution in [0.25, 0.3) is 0 Å². The van der Waals surface area contributed by atoms with Gasteiger partial charge in [0.05, 0.1) is 6.04 Å². The number of anilines is 1. The second-order valence-corrected chi connectivity index (χ2v) is 10.6. The van der Waals surface area contributed by atoms with Crippen LogP contribution in [0.3, 0.4) is 0 Å². The number of carbonyl (C=O) groups is 4. The molecule has 1 saturated heterocycles. The topological polar surface area (TPSA) is 291 Å². The Labute approximate surface area is 221 Å². The number of nitrogen functional groups attached to an aromatic ring is 1. The van der Waals surface area contributed by atoms with Gasteiger partial charge < -0.3 is 37.6 Å². The Bertz CT molecular complexity index is 1170. The number of rotatable bonds is 12. The molecule has 2 amide bonds. The molecule has 2 heterocycles. The molecule has 0 saturated carbocycles. The molecule has 1 aromatic heterocycles. The molecule has 0 spiro atoms. The smallest absolute Gasteiger partial charge is 0.362 e. The van der Waals surface area contributed by atoms with E-state index in [9.17, 15) is 27.6 Å². The van der Waals surface area contributed by atoms with E-state index in [1.165, 1.54) is 26.2 Å². The lowest BCUT2D eigenvalue weighted by Gasteiger charge is -2.42. The van der Waals surface area contributed by atoms with Crippen LogP contribution in [0.2, 0.25) is 0 Å². The minimum absolute atomic E-state index is 0.0350. The van der Waals surface area contributed by atoms with Crippen molar-refractivity contribution >= 4 is 56.2 Å². The summed E-state index contributed by atoms with van der Waals surface area (Å²) in [6.07, 6.45) is 2.16. The Morgan fingerprint density at radius 1 is 1.32 bits per heavy atom. The van der Waals surface area contributed by atoms with E-state index in [1.54, 1.807) is 0 Å². The number of nitrogens with zero attached hydrogens (tertiary/aromatic N) is 3. The second kappa shape index (κ2) is 13.4. The van der Waals surface area contributed by atoms with Crippen molar-refractivity contribution in [3.63, 3.8) is 0 Å². The molecule has 1 fully saturated rings. The van der Waals surface area contributed by atoms with Crippen molar-refractivity contribution in [1.29, 1.82) is 0 Å². The molecule has 214 valence electrons. The van der Waals surface area contributed by atoms with Crippen LogP contribution in [-0.4, -0.2) is 92.2 Å². The normalized spacial score (nSPS) is 18.5. The zero-order valence-electron chi connectivity index (χ0n) is 20.7. The van der Waals surface area contributed by atoms with Crippen LogP contribution < -0.4 is 22.5 Å². The SMILES string of the molecule is C[C@H]1[C@H](NC(=O)/C(=N\OC(C)(C)C(=O)O)c2csc(N)n2)C(=O)N1S(=O)(=O)O.NCCCCC(N)C(=O)O. The third kappa shape index (κ3) is 8.87. The van der Waals surface area contributed by atoms with Crippen LogP contribution in [0.1, 0.15) is 45.7 Å². The fraction of sp³-hybridized carbons (Fsp3) is 0.579. The van der Waals surface area contributed by atoms with E-state index < -0.39 is 63.5 Å². The molecule has 10 N–H and O–H groups in total. The van der Waals surface area contributed by atoms with Gasteiger partial charge in [-0.2, -0.15) is 8.42 Å². The molecule has 2 rings (SSSR count). The van der Waals surface area contributed by atoms with Crippen LogP contribution in [0.15, 0.2) is 10.5 Å². The molecule has 19 heteroatoms. The summed E-state index contributed by atoms with van der Waals surface area (Å²) < 4.78 is 31.4. The molecule has 1 aliphatic rings. The number of carboxylic acid groups (broad SMARTS) is 2. The minimum Gasteiger partial charge on any atom is -0.480 e.